The topological polar surface area (TPSA) is 87.7 Å². The van der Waals surface area contributed by atoms with Crippen molar-refractivity contribution in [1.82, 2.24) is 10.2 Å². The summed E-state index contributed by atoms with van der Waals surface area (Å²) in [5.74, 6) is -0.0450. The maximum atomic E-state index is 12.5. The van der Waals surface area contributed by atoms with Gasteiger partial charge in [-0.05, 0) is 43.5 Å². The molecule has 0 aromatic heterocycles. The number of methoxy groups -OCH3 is 1. The van der Waals surface area contributed by atoms with Gasteiger partial charge in [0.15, 0.2) is 0 Å². The summed E-state index contributed by atoms with van der Waals surface area (Å²) in [6.07, 6.45) is 2.28. The van der Waals surface area contributed by atoms with Gasteiger partial charge in [-0.25, -0.2) is 0 Å². The monoisotopic (exact) mass is 377 g/mol. The number of rotatable bonds is 11. The number of carbonyl (C=O) groups is 3. The molecule has 1 aromatic carbocycles. The molecule has 27 heavy (non-hydrogen) atoms. The highest BCUT2D eigenvalue weighted by Crippen LogP contribution is 2.15. The Labute approximate surface area is 161 Å². The number of nitrogens with zero attached hydrogens (tertiary/aromatic N) is 1. The van der Waals surface area contributed by atoms with Crippen LogP contribution in [-0.2, 0) is 14.4 Å². The standard InChI is InChI=1S/C20H31N3O4/c1-5-12-23(20(26)15(6-2)7-3)14-19(25)21-13-18(24)22-16-8-10-17(27-4)11-9-16/h8-11,15H,5-7,12-14H2,1-4H3,(H,21,25)(H,22,24). The summed E-state index contributed by atoms with van der Waals surface area (Å²) in [6.45, 7) is 6.26. The highest BCUT2D eigenvalue weighted by atomic mass is 16.5. The number of nitrogens with one attached hydrogen (secondary N) is 2. The molecule has 0 fully saturated rings. The third-order valence-corrected chi connectivity index (χ3v) is 4.29. The molecule has 7 heteroatoms. The zero-order chi connectivity index (χ0) is 20.2. The SMILES string of the molecule is CCCN(CC(=O)NCC(=O)Nc1ccc(OC)cc1)C(=O)C(CC)CC. The summed E-state index contributed by atoms with van der Waals surface area (Å²) in [5.41, 5.74) is 0.617. The Bertz CT molecular complexity index is 612. The Balaban J connectivity index is 2.50. The average Bonchev–Trinajstić information content (AvgIpc) is 2.67. The van der Waals surface area contributed by atoms with Crippen molar-refractivity contribution in [3.63, 3.8) is 0 Å². The number of benzene rings is 1. The quantitative estimate of drug-likeness (QED) is 0.620. The summed E-state index contributed by atoms with van der Waals surface area (Å²) < 4.78 is 5.06. The number of hydrogen-bond acceptors (Lipinski definition) is 4. The zero-order valence-electron chi connectivity index (χ0n) is 16.7. The first-order valence-corrected chi connectivity index (χ1v) is 9.44. The minimum atomic E-state index is -0.340. The molecule has 0 heterocycles. The first kappa shape index (κ1) is 22.5. The predicted molar refractivity (Wildman–Crippen MR) is 106 cm³/mol. The summed E-state index contributed by atoms with van der Waals surface area (Å²) in [7, 11) is 1.57. The van der Waals surface area contributed by atoms with Crippen LogP contribution >= 0.6 is 0 Å². The van der Waals surface area contributed by atoms with Crippen molar-refractivity contribution in [3.05, 3.63) is 24.3 Å². The first-order valence-electron chi connectivity index (χ1n) is 9.44. The predicted octanol–water partition coefficient (Wildman–Crippen LogP) is 2.42. The largest absolute Gasteiger partial charge is 0.497 e. The fourth-order valence-electron chi connectivity index (χ4n) is 2.72. The van der Waals surface area contributed by atoms with Gasteiger partial charge in [0.1, 0.15) is 5.75 Å². The van der Waals surface area contributed by atoms with Crippen LogP contribution in [0.2, 0.25) is 0 Å². The summed E-state index contributed by atoms with van der Waals surface area (Å²) in [6, 6.07) is 6.91. The summed E-state index contributed by atoms with van der Waals surface area (Å²) in [5, 5.41) is 5.27. The lowest BCUT2D eigenvalue weighted by Gasteiger charge is -2.25. The number of anilines is 1. The van der Waals surface area contributed by atoms with Gasteiger partial charge in [0.05, 0.1) is 20.2 Å². The van der Waals surface area contributed by atoms with E-state index in [-0.39, 0.29) is 36.7 Å². The van der Waals surface area contributed by atoms with Crippen LogP contribution in [0.15, 0.2) is 24.3 Å². The normalized spacial score (nSPS) is 10.4. The minimum absolute atomic E-state index is 0.000292. The van der Waals surface area contributed by atoms with Crippen LogP contribution in [0.1, 0.15) is 40.0 Å². The number of hydrogen-bond donors (Lipinski definition) is 2. The Hall–Kier alpha value is -2.57. The lowest BCUT2D eigenvalue weighted by molar-refractivity contribution is -0.139. The van der Waals surface area contributed by atoms with Gasteiger partial charge in [0.25, 0.3) is 0 Å². The van der Waals surface area contributed by atoms with Crippen LogP contribution in [0.25, 0.3) is 0 Å². The molecule has 1 rings (SSSR count). The molecule has 0 aliphatic rings. The van der Waals surface area contributed by atoms with Gasteiger partial charge < -0.3 is 20.3 Å². The maximum absolute atomic E-state index is 12.5. The van der Waals surface area contributed by atoms with Crippen molar-refractivity contribution in [3.8, 4) is 5.75 Å². The van der Waals surface area contributed by atoms with Crippen LogP contribution in [0, 0.1) is 5.92 Å². The highest BCUT2D eigenvalue weighted by molar-refractivity contribution is 5.95. The van der Waals surface area contributed by atoms with Crippen molar-refractivity contribution >= 4 is 23.4 Å². The number of carbonyl (C=O) groups excluding carboxylic acids is 3. The molecule has 1 aromatic rings. The molecule has 0 atom stereocenters. The van der Waals surface area contributed by atoms with E-state index in [1.807, 2.05) is 20.8 Å². The highest BCUT2D eigenvalue weighted by Gasteiger charge is 2.22. The van der Waals surface area contributed by atoms with E-state index in [1.165, 1.54) is 0 Å². The van der Waals surface area contributed by atoms with Gasteiger partial charge in [-0.15, -0.1) is 0 Å². The Morgan fingerprint density at radius 2 is 1.67 bits per heavy atom. The van der Waals surface area contributed by atoms with Crippen LogP contribution in [0.4, 0.5) is 5.69 Å². The van der Waals surface area contributed by atoms with Gasteiger partial charge in [0, 0.05) is 18.2 Å². The second-order valence-electron chi connectivity index (χ2n) is 6.33. The molecule has 7 nitrogen and oxygen atoms in total. The number of amides is 3. The number of ether oxygens (including phenoxy) is 1. The molecule has 2 N–H and O–H groups in total. The van der Waals surface area contributed by atoms with E-state index in [2.05, 4.69) is 10.6 Å². The molecular weight excluding hydrogens is 346 g/mol. The average molecular weight is 377 g/mol. The molecule has 0 bridgehead atoms. The fourth-order valence-corrected chi connectivity index (χ4v) is 2.72. The lowest BCUT2D eigenvalue weighted by atomic mass is 10.0. The molecule has 0 aliphatic heterocycles. The van der Waals surface area contributed by atoms with Gasteiger partial charge >= 0.3 is 0 Å². The fraction of sp³-hybridized carbons (Fsp3) is 0.550. The summed E-state index contributed by atoms with van der Waals surface area (Å²) >= 11 is 0. The third kappa shape index (κ3) is 7.68. The molecule has 0 unspecified atom stereocenters. The van der Waals surface area contributed by atoms with Gasteiger partial charge in [-0.1, -0.05) is 20.8 Å². The van der Waals surface area contributed by atoms with Gasteiger partial charge in [0.2, 0.25) is 17.7 Å². The van der Waals surface area contributed by atoms with Crippen molar-refractivity contribution < 1.29 is 19.1 Å². The van der Waals surface area contributed by atoms with Crippen molar-refractivity contribution in [2.24, 2.45) is 5.92 Å². The summed E-state index contributed by atoms with van der Waals surface area (Å²) in [4.78, 5) is 38.2. The van der Waals surface area contributed by atoms with E-state index >= 15 is 0 Å². The minimum Gasteiger partial charge on any atom is -0.497 e. The first-order chi connectivity index (χ1) is 12.9. The van der Waals surface area contributed by atoms with Gasteiger partial charge in [-0.2, -0.15) is 0 Å². The molecule has 0 saturated carbocycles. The molecule has 0 saturated heterocycles. The molecule has 0 spiro atoms. The second-order valence-corrected chi connectivity index (χ2v) is 6.33. The van der Waals surface area contributed by atoms with E-state index in [1.54, 1.807) is 36.3 Å². The van der Waals surface area contributed by atoms with Crippen molar-refractivity contribution in [2.75, 3.05) is 32.1 Å². The van der Waals surface area contributed by atoms with Crippen LogP contribution in [0.3, 0.4) is 0 Å². The van der Waals surface area contributed by atoms with E-state index < -0.39 is 0 Å². The van der Waals surface area contributed by atoms with Crippen molar-refractivity contribution in [2.45, 2.75) is 40.0 Å². The molecule has 3 amide bonds. The van der Waals surface area contributed by atoms with E-state index in [4.69, 9.17) is 4.74 Å². The van der Waals surface area contributed by atoms with Crippen LogP contribution in [-0.4, -0.2) is 49.4 Å². The van der Waals surface area contributed by atoms with Crippen LogP contribution in [0.5, 0.6) is 5.75 Å². The van der Waals surface area contributed by atoms with E-state index in [0.29, 0.717) is 18.0 Å². The third-order valence-electron chi connectivity index (χ3n) is 4.29. The molecule has 0 aliphatic carbocycles. The Morgan fingerprint density at radius 3 is 2.19 bits per heavy atom. The Morgan fingerprint density at radius 1 is 1.04 bits per heavy atom. The van der Waals surface area contributed by atoms with E-state index in [0.717, 1.165) is 19.3 Å². The van der Waals surface area contributed by atoms with Crippen LogP contribution < -0.4 is 15.4 Å². The van der Waals surface area contributed by atoms with Gasteiger partial charge in [-0.3, -0.25) is 14.4 Å². The zero-order valence-corrected chi connectivity index (χ0v) is 16.7. The molecule has 150 valence electrons. The smallest absolute Gasteiger partial charge is 0.243 e. The lowest BCUT2D eigenvalue weighted by Crippen LogP contribution is -2.45. The maximum Gasteiger partial charge on any atom is 0.243 e. The van der Waals surface area contributed by atoms with E-state index in [9.17, 15) is 14.4 Å². The Kier molecular flexibility index (Phi) is 9.93. The molecule has 0 radical (unpaired) electrons. The second kappa shape index (κ2) is 11.9. The van der Waals surface area contributed by atoms with Crippen molar-refractivity contribution in [1.29, 1.82) is 0 Å². The molecular formula is C20H31N3O4.